The van der Waals surface area contributed by atoms with Crippen LogP contribution in [0.4, 0.5) is 5.82 Å². The highest BCUT2D eigenvalue weighted by atomic mass is 16.5. The Balaban J connectivity index is 2.24. The van der Waals surface area contributed by atoms with Crippen molar-refractivity contribution in [1.82, 2.24) is 14.9 Å². The summed E-state index contributed by atoms with van der Waals surface area (Å²) in [6.07, 6.45) is 0.757. The molecule has 24 heavy (non-hydrogen) atoms. The standard InChI is InChI=1S/C17H20N4O3/c1-10(2)7-12-17(18-9-16(23)20-24)21-13-6-4-3-5-11(13)14(22)8-15(21)19-12/h3-6,8,10,18-19,24H,7,9H2,1-2H3,(H,20,23). The summed E-state index contributed by atoms with van der Waals surface area (Å²) in [6, 6.07) is 8.90. The minimum absolute atomic E-state index is 0.0531. The van der Waals surface area contributed by atoms with Crippen LogP contribution in [0.25, 0.3) is 16.6 Å². The smallest absolute Gasteiger partial charge is 0.262 e. The number of para-hydroxylation sites is 1. The number of nitrogens with one attached hydrogen (secondary N) is 3. The first kappa shape index (κ1) is 16.1. The highest BCUT2D eigenvalue weighted by Crippen LogP contribution is 2.24. The number of hydrogen-bond donors (Lipinski definition) is 4. The number of aromatic amines is 1. The van der Waals surface area contributed by atoms with Crippen molar-refractivity contribution in [2.45, 2.75) is 20.3 Å². The first-order valence-electron chi connectivity index (χ1n) is 7.83. The highest BCUT2D eigenvalue weighted by molar-refractivity contribution is 5.85. The van der Waals surface area contributed by atoms with Gasteiger partial charge in [0.25, 0.3) is 5.91 Å². The van der Waals surface area contributed by atoms with Gasteiger partial charge in [0.15, 0.2) is 5.43 Å². The quantitative estimate of drug-likeness (QED) is 0.425. The van der Waals surface area contributed by atoms with Crippen LogP contribution >= 0.6 is 0 Å². The van der Waals surface area contributed by atoms with Crippen molar-refractivity contribution in [2.75, 3.05) is 11.9 Å². The molecular weight excluding hydrogens is 308 g/mol. The molecule has 7 heteroatoms. The maximum atomic E-state index is 12.3. The molecule has 0 aliphatic heterocycles. The van der Waals surface area contributed by atoms with Gasteiger partial charge in [-0.05, 0) is 24.5 Å². The molecule has 7 nitrogen and oxygen atoms in total. The lowest BCUT2D eigenvalue weighted by Crippen LogP contribution is -2.27. The molecule has 0 unspecified atom stereocenters. The number of benzene rings is 1. The number of fused-ring (bicyclic) bond motifs is 3. The highest BCUT2D eigenvalue weighted by Gasteiger charge is 2.16. The van der Waals surface area contributed by atoms with Gasteiger partial charge in [0.1, 0.15) is 11.5 Å². The predicted octanol–water partition coefficient (Wildman–Crippen LogP) is 1.90. The van der Waals surface area contributed by atoms with Crippen LogP contribution in [0.3, 0.4) is 0 Å². The molecule has 0 spiro atoms. The first-order valence-corrected chi connectivity index (χ1v) is 7.83. The van der Waals surface area contributed by atoms with Crippen molar-refractivity contribution in [2.24, 2.45) is 5.92 Å². The maximum Gasteiger partial charge on any atom is 0.262 e. The number of imidazole rings is 1. The average Bonchev–Trinajstić information content (AvgIpc) is 2.89. The molecule has 0 bridgehead atoms. The van der Waals surface area contributed by atoms with E-state index in [1.165, 1.54) is 0 Å². The third-order valence-corrected chi connectivity index (χ3v) is 3.86. The van der Waals surface area contributed by atoms with Gasteiger partial charge in [0, 0.05) is 11.5 Å². The zero-order valence-electron chi connectivity index (χ0n) is 13.6. The van der Waals surface area contributed by atoms with Crippen molar-refractivity contribution in [3.05, 3.63) is 46.2 Å². The van der Waals surface area contributed by atoms with Crippen molar-refractivity contribution in [3.63, 3.8) is 0 Å². The third kappa shape index (κ3) is 2.85. The van der Waals surface area contributed by atoms with Crippen LogP contribution < -0.4 is 16.2 Å². The van der Waals surface area contributed by atoms with Gasteiger partial charge in [-0.15, -0.1) is 0 Å². The van der Waals surface area contributed by atoms with E-state index in [0.717, 1.165) is 23.4 Å². The molecule has 3 rings (SSSR count). The Morgan fingerprint density at radius 1 is 1.33 bits per heavy atom. The number of aromatic nitrogens is 2. The normalized spacial score (nSPS) is 11.3. The number of hydroxylamine groups is 1. The van der Waals surface area contributed by atoms with Gasteiger partial charge >= 0.3 is 0 Å². The Hall–Kier alpha value is -2.80. The molecule has 2 heterocycles. The van der Waals surface area contributed by atoms with E-state index in [2.05, 4.69) is 24.1 Å². The summed E-state index contributed by atoms with van der Waals surface area (Å²) >= 11 is 0. The molecule has 2 aromatic heterocycles. The van der Waals surface area contributed by atoms with E-state index in [-0.39, 0.29) is 12.0 Å². The molecule has 0 atom stereocenters. The molecular formula is C17H20N4O3. The number of hydrogen-bond acceptors (Lipinski definition) is 4. The van der Waals surface area contributed by atoms with Crippen LogP contribution in [0.5, 0.6) is 0 Å². The summed E-state index contributed by atoms with van der Waals surface area (Å²) in [5.74, 6) is 0.576. The molecule has 0 saturated carbocycles. The lowest BCUT2D eigenvalue weighted by atomic mass is 10.1. The van der Waals surface area contributed by atoms with Crippen LogP contribution in [0.2, 0.25) is 0 Å². The molecule has 1 aromatic carbocycles. The zero-order chi connectivity index (χ0) is 17.3. The summed E-state index contributed by atoms with van der Waals surface area (Å²) in [5.41, 5.74) is 3.90. The van der Waals surface area contributed by atoms with Gasteiger partial charge < -0.3 is 10.3 Å². The van der Waals surface area contributed by atoms with E-state index >= 15 is 0 Å². The summed E-state index contributed by atoms with van der Waals surface area (Å²) in [7, 11) is 0. The minimum Gasteiger partial charge on any atom is -0.361 e. The van der Waals surface area contributed by atoms with Crippen LogP contribution in [-0.2, 0) is 11.2 Å². The van der Waals surface area contributed by atoms with Gasteiger partial charge in [0.05, 0.1) is 17.8 Å². The largest absolute Gasteiger partial charge is 0.361 e. The summed E-state index contributed by atoms with van der Waals surface area (Å²) in [5, 5.41) is 12.4. The van der Waals surface area contributed by atoms with E-state index in [1.807, 2.05) is 22.6 Å². The van der Waals surface area contributed by atoms with Crippen LogP contribution in [0.15, 0.2) is 35.1 Å². The van der Waals surface area contributed by atoms with E-state index in [9.17, 15) is 9.59 Å². The number of H-pyrrole nitrogens is 1. The number of rotatable bonds is 5. The molecule has 1 amide bonds. The average molecular weight is 328 g/mol. The fraction of sp³-hybridized carbons (Fsp3) is 0.294. The van der Waals surface area contributed by atoms with Gasteiger partial charge in [0.2, 0.25) is 0 Å². The fourth-order valence-electron chi connectivity index (χ4n) is 2.90. The molecule has 0 aliphatic rings. The monoisotopic (exact) mass is 328 g/mol. The number of anilines is 1. The van der Waals surface area contributed by atoms with E-state index < -0.39 is 5.91 Å². The van der Waals surface area contributed by atoms with Gasteiger partial charge in [-0.1, -0.05) is 26.0 Å². The second-order valence-corrected chi connectivity index (χ2v) is 6.19. The van der Waals surface area contributed by atoms with E-state index in [4.69, 9.17) is 5.21 Å². The Labute approximate surface area is 138 Å². The van der Waals surface area contributed by atoms with Crippen molar-refractivity contribution >= 4 is 28.3 Å². The summed E-state index contributed by atoms with van der Waals surface area (Å²) in [6.45, 7) is 4.12. The van der Waals surface area contributed by atoms with Gasteiger partial charge in [-0.25, -0.2) is 5.48 Å². The second kappa shape index (κ2) is 6.37. The number of amides is 1. The van der Waals surface area contributed by atoms with Crippen LogP contribution in [0.1, 0.15) is 19.5 Å². The first-order chi connectivity index (χ1) is 11.5. The Morgan fingerprint density at radius 3 is 2.79 bits per heavy atom. The number of carbonyl (C=O) groups excluding carboxylic acids is 1. The number of pyridine rings is 1. The Bertz CT molecular complexity index is 956. The molecule has 0 saturated heterocycles. The Kier molecular flexibility index (Phi) is 4.26. The Morgan fingerprint density at radius 2 is 2.08 bits per heavy atom. The number of carbonyl (C=O) groups is 1. The third-order valence-electron chi connectivity index (χ3n) is 3.86. The lowest BCUT2D eigenvalue weighted by Gasteiger charge is -2.11. The van der Waals surface area contributed by atoms with E-state index in [1.54, 1.807) is 17.6 Å². The summed E-state index contributed by atoms with van der Waals surface area (Å²) < 4.78 is 1.90. The van der Waals surface area contributed by atoms with Crippen molar-refractivity contribution in [3.8, 4) is 0 Å². The molecule has 0 aliphatic carbocycles. The van der Waals surface area contributed by atoms with E-state index in [0.29, 0.717) is 17.0 Å². The zero-order valence-corrected chi connectivity index (χ0v) is 13.6. The SMILES string of the molecule is CC(C)Cc1[nH]c2cc(=O)c3ccccc3n2c1NCC(=O)NO. The molecule has 126 valence electrons. The maximum absolute atomic E-state index is 12.3. The van der Waals surface area contributed by atoms with Gasteiger partial charge in [-0.2, -0.15) is 0 Å². The topological polar surface area (TPSA) is 98.6 Å². The second-order valence-electron chi connectivity index (χ2n) is 6.19. The minimum atomic E-state index is -0.537. The van der Waals surface area contributed by atoms with Crippen molar-refractivity contribution < 1.29 is 10.0 Å². The number of nitrogens with zero attached hydrogens (tertiary/aromatic N) is 1. The summed E-state index contributed by atoms with van der Waals surface area (Å²) in [4.78, 5) is 27.0. The lowest BCUT2D eigenvalue weighted by molar-refractivity contribution is -0.127. The van der Waals surface area contributed by atoms with Crippen LogP contribution in [-0.4, -0.2) is 27.0 Å². The predicted molar refractivity (Wildman–Crippen MR) is 92.5 cm³/mol. The molecule has 4 N–H and O–H groups in total. The van der Waals surface area contributed by atoms with Crippen molar-refractivity contribution in [1.29, 1.82) is 0 Å². The molecule has 0 radical (unpaired) electrons. The van der Waals surface area contributed by atoms with Gasteiger partial charge in [-0.3, -0.25) is 19.2 Å². The molecule has 0 fully saturated rings. The van der Waals surface area contributed by atoms with Crippen LogP contribution in [0, 0.1) is 5.92 Å². The molecule has 3 aromatic rings. The fourth-order valence-corrected chi connectivity index (χ4v) is 2.90.